The SMILES string of the molecule is CN=C(NCCc1ccco1)NCc1ccc(CS(=O)(=O)NC(C)C)cc1. The minimum atomic E-state index is -3.31. The van der Waals surface area contributed by atoms with Crippen LogP contribution in [-0.2, 0) is 28.7 Å². The maximum atomic E-state index is 12.0. The fourth-order valence-corrected chi connectivity index (χ4v) is 3.97. The van der Waals surface area contributed by atoms with Crippen LogP contribution in [0.25, 0.3) is 0 Å². The van der Waals surface area contributed by atoms with Gasteiger partial charge in [-0.05, 0) is 37.1 Å². The molecule has 0 bridgehead atoms. The zero-order valence-electron chi connectivity index (χ0n) is 16.0. The van der Waals surface area contributed by atoms with E-state index in [0.29, 0.717) is 19.0 Å². The molecular formula is C19H28N4O3S. The van der Waals surface area contributed by atoms with Gasteiger partial charge in [-0.2, -0.15) is 0 Å². The number of aliphatic imine (C=N–C) groups is 1. The first-order valence-corrected chi connectivity index (χ1v) is 10.6. The third-order valence-corrected chi connectivity index (χ3v) is 5.27. The third-order valence-electron chi connectivity index (χ3n) is 3.72. The van der Waals surface area contributed by atoms with Crippen LogP contribution in [0.2, 0.25) is 0 Å². The number of nitrogens with one attached hydrogen (secondary N) is 3. The van der Waals surface area contributed by atoms with E-state index >= 15 is 0 Å². The lowest BCUT2D eigenvalue weighted by Gasteiger charge is -2.12. The number of rotatable bonds is 9. The van der Waals surface area contributed by atoms with Crippen molar-refractivity contribution in [3.05, 3.63) is 59.5 Å². The standard InChI is InChI=1S/C19H28N4O3S/c1-15(2)23-27(24,25)14-17-8-6-16(7-9-17)13-22-19(20-3)21-11-10-18-5-4-12-26-18/h4-9,12,15,23H,10-11,13-14H2,1-3H3,(H2,20,21,22). The highest BCUT2D eigenvalue weighted by Crippen LogP contribution is 2.08. The number of hydrogen-bond donors (Lipinski definition) is 3. The van der Waals surface area contributed by atoms with Crippen molar-refractivity contribution in [3.63, 3.8) is 0 Å². The van der Waals surface area contributed by atoms with Crippen molar-refractivity contribution in [3.8, 4) is 0 Å². The highest BCUT2D eigenvalue weighted by atomic mass is 32.2. The average molecular weight is 393 g/mol. The second-order valence-electron chi connectivity index (χ2n) is 6.53. The second-order valence-corrected chi connectivity index (χ2v) is 8.28. The van der Waals surface area contributed by atoms with Crippen LogP contribution < -0.4 is 15.4 Å². The normalized spacial score (nSPS) is 12.4. The fraction of sp³-hybridized carbons (Fsp3) is 0.421. The van der Waals surface area contributed by atoms with Crippen molar-refractivity contribution in [2.24, 2.45) is 4.99 Å². The lowest BCUT2D eigenvalue weighted by Crippen LogP contribution is -2.37. The molecular weight excluding hydrogens is 364 g/mol. The topological polar surface area (TPSA) is 95.7 Å². The number of sulfonamides is 1. The van der Waals surface area contributed by atoms with E-state index < -0.39 is 10.0 Å². The Morgan fingerprint density at radius 2 is 1.81 bits per heavy atom. The Hall–Kier alpha value is -2.32. The van der Waals surface area contributed by atoms with E-state index in [1.807, 2.05) is 50.2 Å². The maximum absolute atomic E-state index is 12.0. The van der Waals surface area contributed by atoms with Crippen LogP contribution in [0.15, 0.2) is 52.1 Å². The summed E-state index contributed by atoms with van der Waals surface area (Å²) in [6.45, 7) is 4.92. The minimum Gasteiger partial charge on any atom is -0.469 e. The van der Waals surface area contributed by atoms with Gasteiger partial charge in [0.25, 0.3) is 0 Å². The van der Waals surface area contributed by atoms with Crippen molar-refractivity contribution in [2.75, 3.05) is 13.6 Å². The molecule has 2 rings (SSSR count). The van der Waals surface area contributed by atoms with E-state index in [2.05, 4.69) is 20.3 Å². The lowest BCUT2D eigenvalue weighted by molar-refractivity contribution is 0.507. The van der Waals surface area contributed by atoms with Gasteiger partial charge in [0.1, 0.15) is 5.76 Å². The molecule has 1 aromatic carbocycles. The summed E-state index contributed by atoms with van der Waals surface area (Å²) in [7, 11) is -1.59. The Bertz CT molecular complexity index is 813. The molecule has 1 heterocycles. The average Bonchev–Trinajstić information content (AvgIpc) is 3.11. The van der Waals surface area contributed by atoms with Gasteiger partial charge in [-0.1, -0.05) is 24.3 Å². The molecule has 0 spiro atoms. The molecule has 0 unspecified atom stereocenters. The Balaban J connectivity index is 1.79. The zero-order valence-corrected chi connectivity index (χ0v) is 16.8. The Kier molecular flexibility index (Phi) is 7.87. The predicted octanol–water partition coefficient (Wildman–Crippen LogP) is 2.02. The molecule has 0 amide bonds. The highest BCUT2D eigenvalue weighted by Gasteiger charge is 2.12. The summed E-state index contributed by atoms with van der Waals surface area (Å²) in [6, 6.07) is 11.2. The molecule has 0 saturated carbocycles. The number of guanidine groups is 1. The van der Waals surface area contributed by atoms with Crippen LogP contribution in [0.1, 0.15) is 30.7 Å². The highest BCUT2D eigenvalue weighted by molar-refractivity contribution is 7.88. The van der Waals surface area contributed by atoms with Crippen LogP contribution >= 0.6 is 0 Å². The largest absolute Gasteiger partial charge is 0.469 e. The van der Waals surface area contributed by atoms with E-state index in [-0.39, 0.29) is 11.8 Å². The van der Waals surface area contributed by atoms with Crippen molar-refractivity contribution >= 4 is 16.0 Å². The van der Waals surface area contributed by atoms with Crippen molar-refractivity contribution in [1.29, 1.82) is 0 Å². The molecule has 27 heavy (non-hydrogen) atoms. The Morgan fingerprint density at radius 1 is 1.11 bits per heavy atom. The molecule has 8 heteroatoms. The van der Waals surface area contributed by atoms with Crippen LogP contribution in [0.4, 0.5) is 0 Å². The maximum Gasteiger partial charge on any atom is 0.216 e. The van der Waals surface area contributed by atoms with E-state index in [1.54, 1.807) is 13.3 Å². The molecule has 0 saturated heterocycles. The van der Waals surface area contributed by atoms with Gasteiger partial charge in [0.2, 0.25) is 10.0 Å². The van der Waals surface area contributed by atoms with Gasteiger partial charge in [-0.15, -0.1) is 0 Å². The number of nitrogens with zero attached hydrogens (tertiary/aromatic N) is 1. The summed E-state index contributed by atoms with van der Waals surface area (Å²) in [4.78, 5) is 4.19. The lowest BCUT2D eigenvalue weighted by atomic mass is 10.1. The van der Waals surface area contributed by atoms with Crippen LogP contribution in [0.5, 0.6) is 0 Å². The number of furan rings is 1. The summed E-state index contributed by atoms with van der Waals surface area (Å²) >= 11 is 0. The zero-order chi connectivity index (χ0) is 19.7. The van der Waals surface area contributed by atoms with Gasteiger partial charge in [0.05, 0.1) is 12.0 Å². The second kappa shape index (κ2) is 10.1. The van der Waals surface area contributed by atoms with Crippen LogP contribution in [0.3, 0.4) is 0 Å². The quantitative estimate of drug-likeness (QED) is 0.448. The molecule has 0 aliphatic heterocycles. The van der Waals surface area contributed by atoms with Crippen LogP contribution in [0, 0.1) is 0 Å². The van der Waals surface area contributed by atoms with Crippen molar-refractivity contribution in [1.82, 2.24) is 15.4 Å². The minimum absolute atomic E-state index is 0.0190. The van der Waals surface area contributed by atoms with Gasteiger partial charge in [-0.3, -0.25) is 4.99 Å². The molecule has 0 aliphatic carbocycles. The van der Waals surface area contributed by atoms with E-state index in [1.165, 1.54) is 0 Å². The van der Waals surface area contributed by atoms with Gasteiger partial charge >= 0.3 is 0 Å². The van der Waals surface area contributed by atoms with Crippen molar-refractivity contribution < 1.29 is 12.8 Å². The van der Waals surface area contributed by atoms with Gasteiger partial charge in [0.15, 0.2) is 5.96 Å². The summed E-state index contributed by atoms with van der Waals surface area (Å²) in [5.74, 6) is 1.61. The summed E-state index contributed by atoms with van der Waals surface area (Å²) in [5.41, 5.74) is 1.80. The van der Waals surface area contributed by atoms with E-state index in [9.17, 15) is 8.42 Å². The van der Waals surface area contributed by atoms with E-state index in [4.69, 9.17) is 4.42 Å². The van der Waals surface area contributed by atoms with Crippen molar-refractivity contribution in [2.45, 2.75) is 38.6 Å². The first-order valence-electron chi connectivity index (χ1n) is 8.92. The predicted molar refractivity (Wildman–Crippen MR) is 108 cm³/mol. The first kappa shape index (κ1) is 21.0. The van der Waals surface area contributed by atoms with Gasteiger partial charge in [0, 0.05) is 32.6 Å². The molecule has 148 valence electrons. The van der Waals surface area contributed by atoms with Gasteiger partial charge in [-0.25, -0.2) is 13.1 Å². The smallest absolute Gasteiger partial charge is 0.216 e. The third kappa shape index (κ3) is 7.84. The Labute approximate surface area is 161 Å². The number of hydrogen-bond acceptors (Lipinski definition) is 4. The number of benzene rings is 1. The molecule has 0 aliphatic rings. The fourth-order valence-electron chi connectivity index (χ4n) is 2.54. The molecule has 1 aromatic heterocycles. The molecule has 3 N–H and O–H groups in total. The molecule has 2 aromatic rings. The molecule has 0 atom stereocenters. The molecule has 0 fully saturated rings. The van der Waals surface area contributed by atoms with Gasteiger partial charge < -0.3 is 15.1 Å². The summed E-state index contributed by atoms with van der Waals surface area (Å²) in [6.07, 6.45) is 2.44. The van der Waals surface area contributed by atoms with Crippen LogP contribution in [-0.4, -0.2) is 34.0 Å². The first-order chi connectivity index (χ1) is 12.9. The molecule has 7 nitrogen and oxygen atoms in total. The summed E-state index contributed by atoms with van der Waals surface area (Å²) in [5, 5.41) is 6.47. The monoisotopic (exact) mass is 392 g/mol. The molecule has 0 radical (unpaired) electrons. The summed E-state index contributed by atoms with van der Waals surface area (Å²) < 4.78 is 31.8. The Morgan fingerprint density at radius 3 is 2.41 bits per heavy atom. The van der Waals surface area contributed by atoms with E-state index in [0.717, 1.165) is 23.3 Å².